The molecule has 4 nitrogen and oxygen atoms in total. The molecule has 114 valence electrons. The highest BCUT2D eigenvalue weighted by molar-refractivity contribution is 5.93. The number of aromatic hydroxyl groups is 1. The van der Waals surface area contributed by atoms with Gasteiger partial charge in [0.2, 0.25) is 5.88 Å². The Labute approximate surface area is 128 Å². The first kappa shape index (κ1) is 14.5. The van der Waals surface area contributed by atoms with Crippen molar-refractivity contribution < 1.29 is 14.3 Å². The van der Waals surface area contributed by atoms with E-state index in [1.54, 1.807) is 30.0 Å². The Balaban J connectivity index is 1.89. The summed E-state index contributed by atoms with van der Waals surface area (Å²) < 4.78 is 13.1. The summed E-state index contributed by atoms with van der Waals surface area (Å²) in [5.74, 6) is -0.642. The van der Waals surface area contributed by atoms with Gasteiger partial charge in [-0.3, -0.25) is 4.79 Å². The van der Waals surface area contributed by atoms with Crippen LogP contribution in [0.2, 0.25) is 0 Å². The monoisotopic (exact) mass is 300 g/mol. The first-order valence-electron chi connectivity index (χ1n) is 7.28. The summed E-state index contributed by atoms with van der Waals surface area (Å²) in [4.78, 5) is 18.3. The van der Waals surface area contributed by atoms with Crippen molar-refractivity contribution in [3.05, 3.63) is 59.0 Å². The lowest BCUT2D eigenvalue weighted by Gasteiger charge is -2.25. The number of carbonyl (C=O) groups excluding carboxylic acids is 1. The maximum Gasteiger partial charge on any atom is 0.273 e. The van der Waals surface area contributed by atoms with Crippen molar-refractivity contribution in [3.8, 4) is 5.88 Å². The van der Waals surface area contributed by atoms with Gasteiger partial charge in [0, 0.05) is 12.6 Å². The Morgan fingerprint density at radius 1 is 1.32 bits per heavy atom. The fourth-order valence-corrected chi connectivity index (χ4v) is 2.95. The normalized spacial score (nSPS) is 17.7. The predicted molar refractivity (Wildman–Crippen MR) is 80.1 cm³/mol. The van der Waals surface area contributed by atoms with Crippen molar-refractivity contribution in [2.45, 2.75) is 25.8 Å². The molecule has 1 amide bonds. The van der Waals surface area contributed by atoms with E-state index in [0.29, 0.717) is 6.54 Å². The van der Waals surface area contributed by atoms with E-state index >= 15 is 0 Å². The van der Waals surface area contributed by atoms with E-state index in [2.05, 4.69) is 4.98 Å². The summed E-state index contributed by atoms with van der Waals surface area (Å²) in [7, 11) is 0. The molecule has 22 heavy (non-hydrogen) atoms. The van der Waals surface area contributed by atoms with Crippen LogP contribution in [0.3, 0.4) is 0 Å². The van der Waals surface area contributed by atoms with Crippen LogP contribution in [0.15, 0.2) is 36.4 Å². The fraction of sp³-hybridized carbons (Fsp3) is 0.294. The van der Waals surface area contributed by atoms with Crippen LogP contribution in [0.5, 0.6) is 5.88 Å². The third-order valence-electron chi connectivity index (χ3n) is 3.94. The Morgan fingerprint density at radius 2 is 2.05 bits per heavy atom. The number of hydrogen-bond donors (Lipinski definition) is 1. The smallest absolute Gasteiger partial charge is 0.273 e. The van der Waals surface area contributed by atoms with Gasteiger partial charge in [-0.25, -0.2) is 9.37 Å². The number of aromatic nitrogens is 1. The van der Waals surface area contributed by atoms with Gasteiger partial charge in [-0.15, -0.1) is 0 Å². The van der Waals surface area contributed by atoms with Crippen LogP contribution in [0.25, 0.3) is 0 Å². The molecule has 1 N–H and O–H groups in total. The molecule has 0 saturated carbocycles. The van der Waals surface area contributed by atoms with Gasteiger partial charge in [-0.2, -0.15) is 0 Å². The molecule has 1 aromatic heterocycles. The van der Waals surface area contributed by atoms with Crippen molar-refractivity contribution in [2.24, 2.45) is 0 Å². The molecule has 0 spiro atoms. The molecule has 2 heterocycles. The van der Waals surface area contributed by atoms with Crippen molar-refractivity contribution in [1.29, 1.82) is 0 Å². The highest BCUT2D eigenvalue weighted by atomic mass is 19.1. The zero-order valence-corrected chi connectivity index (χ0v) is 12.3. The van der Waals surface area contributed by atoms with Crippen LogP contribution in [0.1, 0.15) is 40.5 Å². The molecule has 1 unspecified atom stereocenters. The van der Waals surface area contributed by atoms with Gasteiger partial charge in [0.05, 0.1) is 6.04 Å². The number of rotatable bonds is 2. The fourth-order valence-electron chi connectivity index (χ4n) is 2.95. The lowest BCUT2D eigenvalue weighted by atomic mass is 10.0. The predicted octanol–water partition coefficient (Wildman–Crippen LogP) is 3.21. The molecule has 1 saturated heterocycles. The first-order chi connectivity index (χ1) is 10.5. The molecule has 5 heteroatoms. The number of hydrogen-bond acceptors (Lipinski definition) is 3. The molecule has 1 aliphatic rings. The summed E-state index contributed by atoms with van der Waals surface area (Å²) in [5, 5.41) is 9.58. The molecule has 1 atom stereocenters. The minimum absolute atomic E-state index is 0.0717. The molecular formula is C17H17FN2O2. The molecular weight excluding hydrogens is 283 g/mol. The number of aryl methyl sites for hydroxylation is 1. The van der Waals surface area contributed by atoms with Crippen molar-refractivity contribution in [3.63, 3.8) is 0 Å². The maximum absolute atomic E-state index is 13.1. The van der Waals surface area contributed by atoms with Gasteiger partial charge in [-0.05, 0) is 49.1 Å². The van der Waals surface area contributed by atoms with E-state index < -0.39 is 0 Å². The molecule has 0 radical (unpaired) electrons. The second kappa shape index (κ2) is 5.75. The molecule has 3 rings (SSSR count). The SMILES string of the molecule is Cc1cc(O)nc(C(=O)N2CCCC2c2ccc(F)cc2)c1. The van der Waals surface area contributed by atoms with E-state index in [4.69, 9.17) is 0 Å². The Morgan fingerprint density at radius 3 is 2.73 bits per heavy atom. The van der Waals surface area contributed by atoms with E-state index in [1.807, 2.05) is 0 Å². The topological polar surface area (TPSA) is 53.4 Å². The van der Waals surface area contributed by atoms with Crippen LogP contribution in [-0.2, 0) is 0 Å². The van der Waals surface area contributed by atoms with Crippen molar-refractivity contribution in [1.82, 2.24) is 9.88 Å². The van der Waals surface area contributed by atoms with Crippen LogP contribution < -0.4 is 0 Å². The quantitative estimate of drug-likeness (QED) is 0.926. The average Bonchev–Trinajstić information content (AvgIpc) is 2.95. The summed E-state index contributed by atoms with van der Waals surface area (Å²) in [6.07, 6.45) is 1.74. The average molecular weight is 300 g/mol. The lowest BCUT2D eigenvalue weighted by Crippen LogP contribution is -2.31. The summed E-state index contributed by atoms with van der Waals surface area (Å²) in [5.41, 5.74) is 1.95. The Kier molecular flexibility index (Phi) is 3.79. The third-order valence-corrected chi connectivity index (χ3v) is 3.94. The first-order valence-corrected chi connectivity index (χ1v) is 7.28. The second-order valence-corrected chi connectivity index (χ2v) is 5.60. The van der Waals surface area contributed by atoms with Gasteiger partial charge in [0.15, 0.2) is 0 Å². The maximum atomic E-state index is 13.1. The van der Waals surface area contributed by atoms with Crippen molar-refractivity contribution in [2.75, 3.05) is 6.54 Å². The Hall–Kier alpha value is -2.43. The highest BCUT2D eigenvalue weighted by Crippen LogP contribution is 2.33. The van der Waals surface area contributed by atoms with Gasteiger partial charge < -0.3 is 10.0 Å². The molecule has 0 aliphatic carbocycles. The number of likely N-dealkylation sites (tertiary alicyclic amines) is 1. The molecule has 1 aromatic carbocycles. The largest absolute Gasteiger partial charge is 0.493 e. The number of amides is 1. The number of halogens is 1. The van der Waals surface area contributed by atoms with Crippen LogP contribution in [-0.4, -0.2) is 27.4 Å². The van der Waals surface area contributed by atoms with Crippen LogP contribution >= 0.6 is 0 Å². The summed E-state index contributed by atoms with van der Waals surface area (Å²) in [6, 6.07) is 9.36. The Bertz CT molecular complexity index is 680. The number of carbonyl (C=O) groups is 1. The van der Waals surface area contributed by atoms with Crippen LogP contribution in [0.4, 0.5) is 4.39 Å². The number of pyridine rings is 1. The molecule has 1 fully saturated rings. The van der Waals surface area contributed by atoms with Gasteiger partial charge in [-0.1, -0.05) is 12.1 Å². The van der Waals surface area contributed by atoms with Crippen LogP contribution in [0, 0.1) is 12.7 Å². The van der Waals surface area contributed by atoms with Gasteiger partial charge in [0.25, 0.3) is 5.91 Å². The summed E-state index contributed by atoms with van der Waals surface area (Å²) in [6.45, 7) is 2.44. The molecule has 2 aromatic rings. The third kappa shape index (κ3) is 2.79. The van der Waals surface area contributed by atoms with Gasteiger partial charge >= 0.3 is 0 Å². The van der Waals surface area contributed by atoms with E-state index in [-0.39, 0.29) is 29.3 Å². The minimum Gasteiger partial charge on any atom is -0.493 e. The number of nitrogens with zero attached hydrogens (tertiary/aromatic N) is 2. The second-order valence-electron chi connectivity index (χ2n) is 5.60. The van der Waals surface area contributed by atoms with E-state index in [9.17, 15) is 14.3 Å². The van der Waals surface area contributed by atoms with Gasteiger partial charge in [0.1, 0.15) is 11.5 Å². The van der Waals surface area contributed by atoms with E-state index in [0.717, 1.165) is 24.0 Å². The van der Waals surface area contributed by atoms with Crippen molar-refractivity contribution >= 4 is 5.91 Å². The molecule has 0 bridgehead atoms. The molecule has 1 aliphatic heterocycles. The highest BCUT2D eigenvalue weighted by Gasteiger charge is 2.31. The minimum atomic E-state index is -0.287. The zero-order chi connectivity index (χ0) is 15.7. The lowest BCUT2D eigenvalue weighted by molar-refractivity contribution is 0.0728. The number of benzene rings is 1. The summed E-state index contributed by atoms with van der Waals surface area (Å²) >= 11 is 0. The van der Waals surface area contributed by atoms with E-state index in [1.165, 1.54) is 18.2 Å². The standard InChI is InChI=1S/C17H17FN2O2/c1-11-9-14(19-16(21)10-11)17(22)20-8-2-3-15(20)12-4-6-13(18)7-5-12/h4-7,9-10,15H,2-3,8H2,1H3,(H,19,21). The zero-order valence-electron chi connectivity index (χ0n) is 12.3.